The molecule has 90 valence electrons. The second-order valence-electron chi connectivity index (χ2n) is 3.85. The zero-order valence-corrected chi connectivity index (χ0v) is 11.8. The van der Waals surface area contributed by atoms with Crippen LogP contribution in [0.2, 0.25) is 0 Å². The molecule has 0 radical (unpaired) electrons. The molecule has 2 rings (SSSR count). The van der Waals surface area contributed by atoms with Crippen LogP contribution < -0.4 is 5.32 Å². The molecule has 1 heterocycles. The Morgan fingerprint density at radius 3 is 2.94 bits per heavy atom. The van der Waals surface area contributed by atoms with Crippen LogP contribution in [0.4, 0.5) is 4.39 Å². The normalized spacial score (nSPS) is 12.6. The summed E-state index contributed by atoms with van der Waals surface area (Å²) in [5, 5.41) is 5.37. The van der Waals surface area contributed by atoms with Crippen molar-refractivity contribution >= 4 is 27.3 Å². The van der Waals surface area contributed by atoms with E-state index in [2.05, 4.69) is 34.2 Å². The van der Waals surface area contributed by atoms with Crippen molar-refractivity contribution in [1.82, 2.24) is 5.32 Å². The van der Waals surface area contributed by atoms with Gasteiger partial charge in [0.05, 0.1) is 0 Å². The van der Waals surface area contributed by atoms with Crippen LogP contribution in [0.25, 0.3) is 0 Å². The van der Waals surface area contributed by atoms with Gasteiger partial charge in [-0.3, -0.25) is 0 Å². The van der Waals surface area contributed by atoms with E-state index in [0.717, 1.165) is 4.47 Å². The average Bonchev–Trinajstić information content (AvgIpc) is 2.83. The fraction of sp³-hybridized carbons (Fsp3) is 0.231. The third-order valence-electron chi connectivity index (χ3n) is 2.58. The van der Waals surface area contributed by atoms with Gasteiger partial charge in [0.15, 0.2) is 0 Å². The summed E-state index contributed by atoms with van der Waals surface area (Å²) in [4.78, 5) is 1.26. The van der Waals surface area contributed by atoms with Crippen LogP contribution in [-0.4, -0.2) is 0 Å². The predicted octanol–water partition coefficient (Wildman–Crippen LogP) is 4.50. The predicted molar refractivity (Wildman–Crippen MR) is 73.7 cm³/mol. The summed E-state index contributed by atoms with van der Waals surface area (Å²) in [6.07, 6.45) is 0. The molecule has 0 saturated heterocycles. The first-order valence-corrected chi connectivity index (χ1v) is 7.05. The molecule has 0 aliphatic carbocycles. The summed E-state index contributed by atoms with van der Waals surface area (Å²) < 4.78 is 14.4. The van der Waals surface area contributed by atoms with Crippen molar-refractivity contribution in [3.05, 3.63) is 56.4 Å². The van der Waals surface area contributed by atoms with Gasteiger partial charge in [0.25, 0.3) is 0 Å². The molecule has 0 bridgehead atoms. The molecule has 1 nitrogen and oxygen atoms in total. The second kappa shape index (κ2) is 5.76. The summed E-state index contributed by atoms with van der Waals surface area (Å²) in [6, 6.07) is 9.35. The molecule has 0 saturated carbocycles. The standard InChI is InChI=1S/C13H13BrFNS/c1-9(13-3-2-6-17-13)16-8-10-7-11(14)4-5-12(10)15/h2-7,9,16H,8H2,1H3/t9-/m1/s1. The Morgan fingerprint density at radius 2 is 2.24 bits per heavy atom. The van der Waals surface area contributed by atoms with Crippen molar-refractivity contribution < 1.29 is 4.39 Å². The van der Waals surface area contributed by atoms with Gasteiger partial charge in [0.2, 0.25) is 0 Å². The van der Waals surface area contributed by atoms with Crippen LogP contribution in [-0.2, 0) is 6.54 Å². The third kappa shape index (κ3) is 3.37. The number of nitrogens with one attached hydrogen (secondary N) is 1. The smallest absolute Gasteiger partial charge is 0.127 e. The Balaban J connectivity index is 2.00. The maximum Gasteiger partial charge on any atom is 0.127 e. The molecule has 1 aromatic carbocycles. The molecule has 0 amide bonds. The molecule has 0 fully saturated rings. The molecule has 0 unspecified atom stereocenters. The highest BCUT2D eigenvalue weighted by molar-refractivity contribution is 9.10. The molecule has 1 aromatic heterocycles. The van der Waals surface area contributed by atoms with Gasteiger partial charge in [-0.2, -0.15) is 0 Å². The fourth-order valence-corrected chi connectivity index (χ4v) is 2.75. The topological polar surface area (TPSA) is 12.0 Å². The average molecular weight is 314 g/mol. The molecule has 0 aliphatic heterocycles. The number of rotatable bonds is 4. The molecule has 0 aliphatic rings. The highest BCUT2D eigenvalue weighted by atomic mass is 79.9. The Hall–Kier alpha value is -0.710. The zero-order valence-electron chi connectivity index (χ0n) is 9.41. The number of thiophene rings is 1. The van der Waals surface area contributed by atoms with E-state index in [1.807, 2.05) is 17.5 Å². The molecule has 1 N–H and O–H groups in total. The van der Waals surface area contributed by atoms with Crippen molar-refractivity contribution in [2.24, 2.45) is 0 Å². The lowest BCUT2D eigenvalue weighted by Crippen LogP contribution is -2.17. The maximum atomic E-state index is 13.5. The highest BCUT2D eigenvalue weighted by Gasteiger charge is 2.08. The Bertz CT molecular complexity index is 484. The quantitative estimate of drug-likeness (QED) is 0.876. The minimum Gasteiger partial charge on any atom is -0.305 e. The summed E-state index contributed by atoms with van der Waals surface area (Å²) >= 11 is 5.06. The third-order valence-corrected chi connectivity index (χ3v) is 4.12. The molecular formula is C13H13BrFNS. The van der Waals surface area contributed by atoms with Crippen molar-refractivity contribution in [3.8, 4) is 0 Å². The number of benzene rings is 1. The van der Waals surface area contributed by atoms with Crippen molar-refractivity contribution in [2.45, 2.75) is 19.5 Å². The van der Waals surface area contributed by atoms with E-state index < -0.39 is 0 Å². The van der Waals surface area contributed by atoms with E-state index in [-0.39, 0.29) is 11.9 Å². The van der Waals surface area contributed by atoms with Crippen molar-refractivity contribution in [2.75, 3.05) is 0 Å². The van der Waals surface area contributed by atoms with Crippen LogP contribution in [0.5, 0.6) is 0 Å². The first-order chi connectivity index (χ1) is 8.16. The van der Waals surface area contributed by atoms with E-state index in [9.17, 15) is 4.39 Å². The second-order valence-corrected chi connectivity index (χ2v) is 5.75. The number of halogens is 2. The Labute approximate surface area is 113 Å². The van der Waals surface area contributed by atoms with Crippen LogP contribution in [0.3, 0.4) is 0 Å². The Morgan fingerprint density at radius 1 is 1.41 bits per heavy atom. The van der Waals surface area contributed by atoms with Gasteiger partial charge in [0.1, 0.15) is 5.82 Å². The van der Waals surface area contributed by atoms with Crippen molar-refractivity contribution in [1.29, 1.82) is 0 Å². The first-order valence-electron chi connectivity index (χ1n) is 5.37. The zero-order chi connectivity index (χ0) is 12.3. The van der Waals surface area contributed by atoms with Gasteiger partial charge in [-0.1, -0.05) is 22.0 Å². The van der Waals surface area contributed by atoms with E-state index >= 15 is 0 Å². The lowest BCUT2D eigenvalue weighted by molar-refractivity contribution is 0.549. The first kappa shape index (κ1) is 12.7. The van der Waals surface area contributed by atoms with Crippen LogP contribution in [0.1, 0.15) is 23.4 Å². The minimum absolute atomic E-state index is 0.168. The Kier molecular flexibility index (Phi) is 4.31. The van der Waals surface area contributed by atoms with E-state index in [1.54, 1.807) is 17.4 Å². The molecule has 4 heteroatoms. The van der Waals surface area contributed by atoms with Gasteiger partial charge >= 0.3 is 0 Å². The SMILES string of the molecule is C[C@@H](NCc1cc(Br)ccc1F)c1cccs1. The number of hydrogen-bond acceptors (Lipinski definition) is 2. The summed E-state index contributed by atoms with van der Waals surface area (Å²) in [7, 11) is 0. The molecule has 1 atom stereocenters. The van der Waals surface area contributed by atoms with Gasteiger partial charge in [-0.15, -0.1) is 11.3 Å². The monoisotopic (exact) mass is 313 g/mol. The number of hydrogen-bond donors (Lipinski definition) is 1. The van der Waals surface area contributed by atoms with Crippen LogP contribution in [0.15, 0.2) is 40.2 Å². The molecule has 17 heavy (non-hydrogen) atoms. The lowest BCUT2D eigenvalue weighted by atomic mass is 10.2. The summed E-state index contributed by atoms with van der Waals surface area (Å²) in [5.74, 6) is -0.168. The van der Waals surface area contributed by atoms with E-state index in [1.165, 1.54) is 10.9 Å². The van der Waals surface area contributed by atoms with Gasteiger partial charge < -0.3 is 5.32 Å². The lowest BCUT2D eigenvalue weighted by Gasteiger charge is -2.12. The van der Waals surface area contributed by atoms with Crippen LogP contribution in [0, 0.1) is 5.82 Å². The molecule has 0 spiro atoms. The fourth-order valence-electron chi connectivity index (χ4n) is 1.58. The van der Waals surface area contributed by atoms with Gasteiger partial charge in [-0.05, 0) is 36.6 Å². The molecule has 2 aromatic rings. The minimum atomic E-state index is -0.168. The van der Waals surface area contributed by atoms with Gasteiger partial charge in [-0.25, -0.2) is 4.39 Å². The van der Waals surface area contributed by atoms with Crippen molar-refractivity contribution in [3.63, 3.8) is 0 Å². The summed E-state index contributed by atoms with van der Waals surface area (Å²) in [6.45, 7) is 2.62. The van der Waals surface area contributed by atoms with E-state index in [0.29, 0.717) is 12.1 Å². The van der Waals surface area contributed by atoms with E-state index in [4.69, 9.17) is 0 Å². The van der Waals surface area contributed by atoms with Crippen LogP contribution >= 0.6 is 27.3 Å². The summed E-state index contributed by atoms with van der Waals surface area (Å²) in [5.41, 5.74) is 0.683. The van der Waals surface area contributed by atoms with Gasteiger partial charge in [0, 0.05) is 27.5 Å². The largest absolute Gasteiger partial charge is 0.305 e. The maximum absolute atomic E-state index is 13.5. The highest BCUT2D eigenvalue weighted by Crippen LogP contribution is 2.20. The molecular weight excluding hydrogens is 301 g/mol.